The van der Waals surface area contributed by atoms with Crippen LogP contribution < -0.4 is 4.57 Å². The average Bonchev–Trinajstić information content (AvgIpc) is 3.06. The molecule has 158 valence electrons. The minimum atomic E-state index is 0.574. The summed E-state index contributed by atoms with van der Waals surface area (Å²) in [7, 11) is 0. The van der Waals surface area contributed by atoms with Crippen LogP contribution in [0.3, 0.4) is 0 Å². The van der Waals surface area contributed by atoms with Crippen LogP contribution in [0.25, 0.3) is 0 Å². The van der Waals surface area contributed by atoms with Gasteiger partial charge in [-0.1, -0.05) is 90.9 Å². The molecule has 1 rings (SSSR count). The summed E-state index contributed by atoms with van der Waals surface area (Å²) in [6.45, 7) is 10.4. The van der Waals surface area contributed by atoms with Gasteiger partial charge in [0.15, 0.2) is 0 Å². The van der Waals surface area contributed by atoms with E-state index in [4.69, 9.17) is 0 Å². The molecule has 2 nitrogen and oxygen atoms in total. The van der Waals surface area contributed by atoms with Crippen molar-refractivity contribution in [1.82, 2.24) is 4.57 Å². The van der Waals surface area contributed by atoms with Crippen molar-refractivity contribution < 1.29 is 4.57 Å². The van der Waals surface area contributed by atoms with Crippen molar-refractivity contribution in [1.29, 1.82) is 0 Å². The fourth-order valence-corrected chi connectivity index (χ4v) is 4.08. The third kappa shape index (κ3) is 11.0. The number of rotatable bonds is 18. The fraction of sp³-hybridized carbons (Fsp3) is 0.880. The van der Waals surface area contributed by atoms with Crippen LogP contribution in [-0.4, -0.2) is 4.57 Å². The number of hydrogen-bond acceptors (Lipinski definition) is 0. The van der Waals surface area contributed by atoms with E-state index in [2.05, 4.69) is 49.2 Å². The Hall–Kier alpha value is -0.790. The highest BCUT2D eigenvalue weighted by Crippen LogP contribution is 2.13. The second kappa shape index (κ2) is 16.2. The number of unbranched alkanes of at least 4 members (excludes halogenated alkanes) is 13. The van der Waals surface area contributed by atoms with Gasteiger partial charge in [0.05, 0.1) is 12.6 Å². The molecule has 1 aromatic heterocycles. The maximum absolute atomic E-state index is 2.54. The third-order valence-electron chi connectivity index (χ3n) is 5.85. The summed E-state index contributed by atoms with van der Waals surface area (Å²) < 4.78 is 5.03. The molecule has 2 heteroatoms. The molecule has 1 heterocycles. The standard InChI is InChI=1S/C25H49N2/c1-5-7-9-11-12-13-14-15-16-17-19-21-26-22-23-27(24(3)4)25(26)20-18-10-8-6-2/h22-24H,5-21H2,1-4H3/q+1. The van der Waals surface area contributed by atoms with E-state index < -0.39 is 0 Å². The van der Waals surface area contributed by atoms with Gasteiger partial charge in [0, 0.05) is 6.42 Å². The topological polar surface area (TPSA) is 8.81 Å². The molecule has 0 N–H and O–H groups in total. The van der Waals surface area contributed by atoms with Crippen molar-refractivity contribution in [3.63, 3.8) is 0 Å². The quantitative estimate of drug-likeness (QED) is 0.182. The lowest BCUT2D eigenvalue weighted by atomic mass is 10.1. The Bertz CT molecular complexity index is 447. The molecule has 27 heavy (non-hydrogen) atoms. The Morgan fingerprint density at radius 3 is 1.70 bits per heavy atom. The maximum atomic E-state index is 2.54. The Balaban J connectivity index is 2.19. The van der Waals surface area contributed by atoms with Gasteiger partial charge in [-0.05, 0) is 33.1 Å². The molecule has 0 aliphatic rings. The van der Waals surface area contributed by atoms with E-state index in [1.54, 1.807) is 5.82 Å². The first kappa shape index (κ1) is 24.2. The minimum Gasteiger partial charge on any atom is -0.234 e. The highest BCUT2D eigenvalue weighted by atomic mass is 15.2. The molecular weight excluding hydrogens is 328 g/mol. The molecule has 0 radical (unpaired) electrons. The highest BCUT2D eigenvalue weighted by Gasteiger charge is 2.18. The van der Waals surface area contributed by atoms with Crippen LogP contribution in [0.1, 0.15) is 136 Å². The van der Waals surface area contributed by atoms with Gasteiger partial charge < -0.3 is 0 Å². The smallest absolute Gasteiger partial charge is 0.234 e. The molecule has 0 bridgehead atoms. The monoisotopic (exact) mass is 377 g/mol. The molecule has 0 atom stereocenters. The van der Waals surface area contributed by atoms with Crippen LogP contribution in [0, 0.1) is 0 Å². The molecule has 0 aliphatic carbocycles. The zero-order valence-electron chi connectivity index (χ0n) is 19.1. The van der Waals surface area contributed by atoms with Gasteiger partial charge in [-0.15, -0.1) is 0 Å². The summed E-state index contributed by atoms with van der Waals surface area (Å²) in [5, 5.41) is 0. The molecular formula is C25H49N2+. The van der Waals surface area contributed by atoms with Gasteiger partial charge in [0.2, 0.25) is 0 Å². The Kier molecular flexibility index (Phi) is 14.5. The molecule has 0 aliphatic heterocycles. The number of hydrogen-bond donors (Lipinski definition) is 0. The van der Waals surface area contributed by atoms with Gasteiger partial charge in [0.25, 0.3) is 5.82 Å². The Morgan fingerprint density at radius 2 is 1.19 bits per heavy atom. The minimum absolute atomic E-state index is 0.574. The predicted octanol–water partition coefficient (Wildman–Crippen LogP) is 7.79. The van der Waals surface area contributed by atoms with Crippen LogP contribution in [-0.2, 0) is 13.0 Å². The number of nitrogens with zero attached hydrogens (tertiary/aromatic N) is 2. The van der Waals surface area contributed by atoms with Crippen molar-refractivity contribution in [3.05, 3.63) is 18.2 Å². The summed E-state index contributed by atoms with van der Waals surface area (Å²) >= 11 is 0. The predicted molar refractivity (Wildman–Crippen MR) is 119 cm³/mol. The molecule has 0 saturated heterocycles. The van der Waals surface area contributed by atoms with E-state index in [0.29, 0.717) is 6.04 Å². The van der Waals surface area contributed by atoms with Crippen LogP contribution in [0.5, 0.6) is 0 Å². The first-order valence-corrected chi connectivity index (χ1v) is 12.3. The van der Waals surface area contributed by atoms with Gasteiger partial charge in [0.1, 0.15) is 12.4 Å². The van der Waals surface area contributed by atoms with Crippen molar-refractivity contribution in [2.24, 2.45) is 0 Å². The van der Waals surface area contributed by atoms with Crippen molar-refractivity contribution in [2.45, 2.75) is 143 Å². The normalized spacial score (nSPS) is 11.6. The van der Waals surface area contributed by atoms with Gasteiger partial charge in [-0.2, -0.15) is 0 Å². The Labute approximate surface area is 170 Å². The van der Waals surface area contributed by atoms with E-state index in [1.807, 2.05) is 0 Å². The zero-order valence-corrected chi connectivity index (χ0v) is 19.1. The number of aromatic nitrogens is 2. The molecule has 0 unspecified atom stereocenters. The second-order valence-electron chi connectivity index (χ2n) is 8.75. The summed E-state index contributed by atoms with van der Waals surface area (Å²) in [6.07, 6.45) is 26.9. The van der Waals surface area contributed by atoms with Crippen molar-refractivity contribution in [3.8, 4) is 0 Å². The van der Waals surface area contributed by atoms with Gasteiger partial charge >= 0.3 is 0 Å². The van der Waals surface area contributed by atoms with Crippen molar-refractivity contribution >= 4 is 0 Å². The maximum Gasteiger partial charge on any atom is 0.256 e. The number of imidazole rings is 1. The lowest BCUT2D eigenvalue weighted by Gasteiger charge is -2.08. The van der Waals surface area contributed by atoms with Gasteiger partial charge in [-0.3, -0.25) is 0 Å². The first-order chi connectivity index (χ1) is 13.2. The van der Waals surface area contributed by atoms with E-state index in [9.17, 15) is 0 Å². The Morgan fingerprint density at radius 1 is 0.704 bits per heavy atom. The van der Waals surface area contributed by atoms with Crippen molar-refractivity contribution in [2.75, 3.05) is 0 Å². The SMILES string of the molecule is CCCCCCCCCCCCCn1cc[n+](C(C)C)c1CCCCCC. The average molecular weight is 378 g/mol. The summed E-state index contributed by atoms with van der Waals surface area (Å²) in [5.74, 6) is 1.55. The van der Waals surface area contributed by atoms with Gasteiger partial charge in [-0.25, -0.2) is 9.13 Å². The van der Waals surface area contributed by atoms with Crippen LogP contribution in [0.4, 0.5) is 0 Å². The van der Waals surface area contributed by atoms with E-state index in [-0.39, 0.29) is 0 Å². The molecule has 0 spiro atoms. The molecule has 1 aromatic rings. The summed E-state index contributed by atoms with van der Waals surface area (Å²) in [6, 6.07) is 0.574. The molecule has 0 fully saturated rings. The lowest BCUT2D eigenvalue weighted by molar-refractivity contribution is -0.722. The van der Waals surface area contributed by atoms with E-state index >= 15 is 0 Å². The van der Waals surface area contributed by atoms with E-state index in [1.165, 1.54) is 109 Å². The second-order valence-corrected chi connectivity index (χ2v) is 8.75. The molecule has 0 aromatic carbocycles. The molecule has 0 saturated carbocycles. The fourth-order valence-electron chi connectivity index (χ4n) is 4.08. The van der Waals surface area contributed by atoms with Crippen LogP contribution in [0.2, 0.25) is 0 Å². The largest absolute Gasteiger partial charge is 0.256 e. The first-order valence-electron chi connectivity index (χ1n) is 12.3. The third-order valence-corrected chi connectivity index (χ3v) is 5.85. The zero-order chi connectivity index (χ0) is 19.7. The highest BCUT2D eigenvalue weighted by molar-refractivity contribution is 4.85. The van der Waals surface area contributed by atoms with Crippen LogP contribution >= 0.6 is 0 Å². The molecule has 0 amide bonds. The summed E-state index contributed by atoms with van der Waals surface area (Å²) in [5.41, 5.74) is 0. The lowest BCUT2D eigenvalue weighted by Crippen LogP contribution is -2.39. The summed E-state index contributed by atoms with van der Waals surface area (Å²) in [4.78, 5) is 0. The number of aryl methyl sites for hydroxylation is 1. The van der Waals surface area contributed by atoms with Crippen LogP contribution in [0.15, 0.2) is 12.4 Å². The van der Waals surface area contributed by atoms with E-state index in [0.717, 1.165) is 0 Å².